The fourth-order valence-electron chi connectivity index (χ4n) is 3.26. The fraction of sp³-hybridized carbons (Fsp3) is 0.0952. The number of primary amides is 1. The fourth-order valence-corrected chi connectivity index (χ4v) is 4.09. The number of carbonyl (C=O) groups is 3. The quantitative estimate of drug-likeness (QED) is 0.654. The largest absolute Gasteiger partial charge is 0.368 e. The first-order valence-electron chi connectivity index (χ1n) is 8.79. The second kappa shape index (κ2) is 7.56. The number of fused-ring (bicyclic) bond motifs is 1. The number of hydrogen-bond donors (Lipinski definition) is 1. The Balaban J connectivity index is 1.67. The van der Waals surface area contributed by atoms with Crippen molar-refractivity contribution in [2.75, 3.05) is 0 Å². The van der Waals surface area contributed by atoms with Crippen molar-refractivity contribution >= 4 is 45.8 Å². The molecule has 0 unspecified atom stereocenters. The van der Waals surface area contributed by atoms with Crippen molar-refractivity contribution in [3.05, 3.63) is 76.6 Å². The maximum absolute atomic E-state index is 13.9. The molecule has 0 spiro atoms. The molecule has 2 aromatic carbocycles. The van der Waals surface area contributed by atoms with Crippen LogP contribution in [0.1, 0.15) is 11.1 Å². The van der Waals surface area contributed by atoms with Crippen LogP contribution in [-0.2, 0) is 22.7 Å². The highest BCUT2D eigenvalue weighted by Crippen LogP contribution is 2.35. The Morgan fingerprint density at radius 1 is 1.10 bits per heavy atom. The molecule has 1 aliphatic heterocycles. The average molecular weight is 409 g/mol. The smallest absolute Gasteiger partial charge is 0.293 e. The van der Waals surface area contributed by atoms with Gasteiger partial charge in [0, 0.05) is 28.2 Å². The van der Waals surface area contributed by atoms with Crippen molar-refractivity contribution in [2.24, 2.45) is 5.73 Å². The van der Waals surface area contributed by atoms with Gasteiger partial charge in [-0.05, 0) is 30.0 Å². The van der Waals surface area contributed by atoms with Crippen LogP contribution in [0.15, 0.2) is 59.6 Å². The van der Waals surface area contributed by atoms with Crippen molar-refractivity contribution < 1.29 is 18.8 Å². The zero-order chi connectivity index (χ0) is 20.5. The van der Waals surface area contributed by atoms with Crippen LogP contribution in [0, 0.1) is 5.82 Å². The Morgan fingerprint density at radius 3 is 2.59 bits per heavy atom. The van der Waals surface area contributed by atoms with Crippen LogP contribution in [0.25, 0.3) is 17.0 Å². The van der Waals surface area contributed by atoms with Crippen LogP contribution in [0.4, 0.5) is 9.18 Å². The van der Waals surface area contributed by atoms with E-state index in [1.807, 2.05) is 24.3 Å². The number of rotatable bonds is 5. The second-order valence-electron chi connectivity index (χ2n) is 6.56. The molecule has 29 heavy (non-hydrogen) atoms. The summed E-state index contributed by atoms with van der Waals surface area (Å²) in [6.45, 7) is -0.124. The Labute approximate surface area is 169 Å². The van der Waals surface area contributed by atoms with E-state index in [1.54, 1.807) is 35.0 Å². The Morgan fingerprint density at radius 2 is 1.83 bits per heavy atom. The number of para-hydroxylation sites is 1. The van der Waals surface area contributed by atoms with Gasteiger partial charge in [0.1, 0.15) is 12.4 Å². The van der Waals surface area contributed by atoms with Crippen LogP contribution in [0.3, 0.4) is 0 Å². The van der Waals surface area contributed by atoms with Gasteiger partial charge in [-0.3, -0.25) is 19.3 Å². The lowest BCUT2D eigenvalue weighted by molar-refractivity contribution is -0.123. The van der Waals surface area contributed by atoms with Gasteiger partial charge in [-0.15, -0.1) is 0 Å². The maximum Gasteiger partial charge on any atom is 0.293 e. The number of nitrogens with two attached hydrogens (primary N) is 1. The van der Waals surface area contributed by atoms with E-state index < -0.39 is 22.9 Å². The van der Waals surface area contributed by atoms with E-state index in [0.717, 1.165) is 27.6 Å². The van der Waals surface area contributed by atoms with Gasteiger partial charge in [0.2, 0.25) is 5.91 Å². The molecular weight excluding hydrogens is 393 g/mol. The molecule has 0 aliphatic carbocycles. The van der Waals surface area contributed by atoms with E-state index in [9.17, 15) is 18.8 Å². The third-order valence-electron chi connectivity index (χ3n) is 4.59. The molecule has 1 aliphatic rings. The lowest BCUT2D eigenvalue weighted by Gasteiger charge is -2.12. The predicted molar refractivity (Wildman–Crippen MR) is 109 cm³/mol. The molecule has 146 valence electrons. The first-order valence-corrected chi connectivity index (χ1v) is 9.60. The van der Waals surface area contributed by atoms with Gasteiger partial charge in [-0.25, -0.2) is 4.39 Å². The molecule has 4 rings (SSSR count). The summed E-state index contributed by atoms with van der Waals surface area (Å²) in [5.41, 5.74) is 7.08. The molecule has 2 N–H and O–H groups in total. The van der Waals surface area contributed by atoms with Crippen molar-refractivity contribution in [3.8, 4) is 0 Å². The number of amides is 3. The maximum atomic E-state index is 13.9. The zero-order valence-electron chi connectivity index (χ0n) is 15.2. The molecule has 0 atom stereocenters. The van der Waals surface area contributed by atoms with Crippen molar-refractivity contribution in [1.29, 1.82) is 0 Å². The molecule has 8 heteroatoms. The van der Waals surface area contributed by atoms with E-state index in [2.05, 4.69) is 0 Å². The first-order chi connectivity index (χ1) is 13.9. The topological polar surface area (TPSA) is 85.4 Å². The minimum Gasteiger partial charge on any atom is -0.368 e. The first kappa shape index (κ1) is 18.9. The number of aromatic nitrogens is 1. The van der Waals surface area contributed by atoms with E-state index >= 15 is 0 Å². The Hall–Kier alpha value is -3.39. The van der Waals surface area contributed by atoms with E-state index in [1.165, 1.54) is 6.07 Å². The van der Waals surface area contributed by atoms with Crippen molar-refractivity contribution in [2.45, 2.75) is 13.1 Å². The lowest BCUT2D eigenvalue weighted by atomic mass is 10.1. The van der Waals surface area contributed by atoms with Crippen LogP contribution >= 0.6 is 11.8 Å². The zero-order valence-corrected chi connectivity index (χ0v) is 16.0. The number of hydrogen-bond acceptors (Lipinski definition) is 4. The summed E-state index contributed by atoms with van der Waals surface area (Å²) in [6, 6.07) is 13.4. The van der Waals surface area contributed by atoms with Crippen molar-refractivity contribution in [1.82, 2.24) is 9.47 Å². The lowest BCUT2D eigenvalue weighted by Crippen LogP contribution is -2.27. The molecule has 6 nitrogen and oxygen atoms in total. The molecule has 0 bridgehead atoms. The van der Waals surface area contributed by atoms with Gasteiger partial charge in [-0.2, -0.15) is 0 Å². The number of halogens is 1. The van der Waals surface area contributed by atoms with Gasteiger partial charge >= 0.3 is 0 Å². The molecule has 0 saturated carbocycles. The van der Waals surface area contributed by atoms with E-state index in [-0.39, 0.29) is 23.6 Å². The Bertz CT molecular complexity index is 1180. The third-order valence-corrected chi connectivity index (χ3v) is 5.50. The van der Waals surface area contributed by atoms with Gasteiger partial charge in [0.25, 0.3) is 11.1 Å². The summed E-state index contributed by atoms with van der Waals surface area (Å²) >= 11 is 0.809. The number of thioether (sulfide) groups is 1. The number of imide groups is 1. The molecule has 1 saturated heterocycles. The Kier molecular flexibility index (Phi) is 4.94. The summed E-state index contributed by atoms with van der Waals surface area (Å²) in [4.78, 5) is 37.7. The van der Waals surface area contributed by atoms with E-state index in [0.29, 0.717) is 5.56 Å². The highest BCUT2D eigenvalue weighted by Gasteiger charge is 2.35. The number of nitrogens with zero attached hydrogens (tertiary/aromatic N) is 2. The van der Waals surface area contributed by atoms with Crippen LogP contribution in [-0.4, -0.2) is 26.5 Å². The van der Waals surface area contributed by atoms with Crippen LogP contribution < -0.4 is 5.73 Å². The SMILES string of the molecule is NC(=O)Cn1cc(/C=C2\SC(=O)N(Cc3ccccc3F)C2=O)c2ccccc21. The minimum atomic E-state index is -0.484. The highest BCUT2D eigenvalue weighted by molar-refractivity contribution is 8.18. The molecular formula is C21H16FN3O3S. The standard InChI is InChI=1S/C21H16FN3O3S/c22-16-7-3-1-5-13(16)11-25-20(27)18(29-21(25)28)9-14-10-24(12-19(23)26)17-8-4-2-6-15(14)17/h1-10H,11-12H2,(H2,23,26)/b18-9-. The van der Waals surface area contributed by atoms with Crippen molar-refractivity contribution in [3.63, 3.8) is 0 Å². The summed E-state index contributed by atoms with van der Waals surface area (Å²) < 4.78 is 15.6. The summed E-state index contributed by atoms with van der Waals surface area (Å²) in [7, 11) is 0. The molecule has 1 fully saturated rings. The summed E-state index contributed by atoms with van der Waals surface area (Å²) in [6.07, 6.45) is 3.34. The molecule has 1 aromatic heterocycles. The monoisotopic (exact) mass is 409 g/mol. The van der Waals surface area contributed by atoms with E-state index in [4.69, 9.17) is 5.73 Å². The summed E-state index contributed by atoms with van der Waals surface area (Å²) in [5, 5.41) is 0.375. The molecule has 3 aromatic rings. The highest BCUT2D eigenvalue weighted by atomic mass is 32.2. The minimum absolute atomic E-state index is 0.00309. The molecule has 2 heterocycles. The van der Waals surface area contributed by atoms with Gasteiger partial charge in [0.05, 0.1) is 11.4 Å². The molecule has 3 amide bonds. The number of carbonyl (C=O) groups excluding carboxylic acids is 3. The predicted octanol–water partition coefficient (Wildman–Crippen LogP) is 3.50. The normalized spacial score (nSPS) is 15.6. The van der Waals surface area contributed by atoms with Gasteiger partial charge in [0.15, 0.2) is 0 Å². The van der Waals surface area contributed by atoms with Crippen LogP contribution in [0.5, 0.6) is 0 Å². The number of benzene rings is 2. The van der Waals surface area contributed by atoms with Gasteiger partial charge < -0.3 is 10.3 Å². The van der Waals surface area contributed by atoms with Gasteiger partial charge in [-0.1, -0.05) is 36.4 Å². The van der Waals surface area contributed by atoms with Crippen LogP contribution in [0.2, 0.25) is 0 Å². The second-order valence-corrected chi connectivity index (χ2v) is 7.55. The third kappa shape index (κ3) is 3.66. The summed E-state index contributed by atoms with van der Waals surface area (Å²) in [5.74, 6) is -1.43. The molecule has 0 radical (unpaired) electrons. The average Bonchev–Trinajstić information content (AvgIpc) is 3.15.